The number of nitrogens with two attached hydrogens (primary N) is 2. The first-order chi connectivity index (χ1) is 41.2. The average molecular weight is 1200 g/mol. The lowest BCUT2D eigenvalue weighted by molar-refractivity contribution is -0.727. The second-order valence-corrected chi connectivity index (χ2v) is 20.0. The third kappa shape index (κ3) is 23.0. The molecule has 31 heteroatoms. The number of hydrazine groups is 1. The van der Waals surface area contributed by atoms with Crippen LogP contribution in [0.3, 0.4) is 0 Å². The van der Waals surface area contributed by atoms with Crippen molar-refractivity contribution >= 4 is 88.5 Å². The number of hydrogen-bond donors (Lipinski definition) is 12. The third-order valence-corrected chi connectivity index (χ3v) is 13.4. The van der Waals surface area contributed by atoms with Gasteiger partial charge in [-0.3, -0.25) is 54.3 Å². The normalized spacial score (nSPS) is 13.9. The molecule has 7 amide bonds. The number of hydrogen-bond acceptors (Lipinski definition) is 21. The highest BCUT2D eigenvalue weighted by Crippen LogP contribution is 2.30. The van der Waals surface area contributed by atoms with Gasteiger partial charge in [0.2, 0.25) is 11.9 Å². The van der Waals surface area contributed by atoms with Gasteiger partial charge in [0.25, 0.3) is 30.3 Å². The number of rotatable bonds is 32. The number of benzene rings is 2. The van der Waals surface area contributed by atoms with Crippen LogP contribution in [0.4, 0.5) is 22.7 Å². The van der Waals surface area contributed by atoms with Crippen molar-refractivity contribution in [3.8, 4) is 11.5 Å². The molecule has 0 saturated carbocycles. The van der Waals surface area contributed by atoms with Crippen LogP contribution in [-0.2, 0) is 51.6 Å². The van der Waals surface area contributed by atoms with Crippen LogP contribution in [0, 0.1) is 0 Å². The van der Waals surface area contributed by atoms with Crippen LogP contribution in [0.25, 0.3) is 6.20 Å². The second kappa shape index (κ2) is 35.3. The second-order valence-electron chi connectivity index (χ2n) is 18.7. The van der Waals surface area contributed by atoms with E-state index in [9.17, 15) is 38.7 Å². The molecule has 0 bridgehead atoms. The molecule has 30 nitrogen and oxygen atoms in total. The number of carbonyl (C=O) groups excluding carboxylic acids is 7. The van der Waals surface area contributed by atoms with Crippen LogP contribution in [0.5, 0.6) is 11.5 Å². The summed E-state index contributed by atoms with van der Waals surface area (Å²) in [6.07, 6.45) is 9.96. The van der Waals surface area contributed by atoms with Crippen LogP contribution in [0.1, 0.15) is 49.5 Å². The van der Waals surface area contributed by atoms with Crippen LogP contribution in [0.2, 0.25) is 0 Å². The number of morpholine rings is 2. The van der Waals surface area contributed by atoms with Crippen LogP contribution in [0.15, 0.2) is 84.3 Å². The van der Waals surface area contributed by atoms with Gasteiger partial charge in [0, 0.05) is 92.4 Å². The van der Waals surface area contributed by atoms with E-state index < -0.39 is 41.4 Å². The summed E-state index contributed by atoms with van der Waals surface area (Å²) in [5.41, 5.74) is 21.6. The summed E-state index contributed by atoms with van der Waals surface area (Å²) in [6.45, 7) is 8.95. The van der Waals surface area contributed by atoms with Crippen molar-refractivity contribution in [3.63, 3.8) is 0 Å². The number of ether oxygens (including phenoxy) is 5. The Morgan fingerprint density at radius 2 is 1.40 bits per heavy atom. The number of methoxy groups -OCH3 is 2. The molecule has 14 N–H and O–H groups in total. The highest BCUT2D eigenvalue weighted by molar-refractivity contribution is 7.99. The third-order valence-electron chi connectivity index (χ3n) is 12.5. The maximum Gasteiger partial charge on any atom is 0.499 e. The molecule has 4 heterocycles. The monoisotopic (exact) mass is 1200 g/mol. The lowest BCUT2D eigenvalue weighted by atomic mass is 10.2. The van der Waals surface area contributed by atoms with Gasteiger partial charge in [-0.25, -0.2) is 10.3 Å². The zero-order valence-corrected chi connectivity index (χ0v) is 48.1. The number of primary amides is 2. The predicted octanol–water partition coefficient (Wildman–Crippen LogP) is -3.69. The number of carbonyl (C=O) groups is 7. The lowest BCUT2D eigenvalue weighted by Crippen LogP contribution is -2.75. The number of nitrogens with zero attached hydrogens (tertiary/aromatic N) is 5. The quantitative estimate of drug-likeness (QED) is 0.00327. The summed E-state index contributed by atoms with van der Waals surface area (Å²) in [5, 5.41) is 27.9. The number of amides is 7. The Labute approximate surface area is 493 Å². The fourth-order valence-electron chi connectivity index (χ4n) is 8.13. The summed E-state index contributed by atoms with van der Waals surface area (Å²) in [7, 11) is 2.83. The van der Waals surface area contributed by atoms with Crippen molar-refractivity contribution in [1.29, 1.82) is 0 Å². The van der Waals surface area contributed by atoms with Crippen LogP contribution < -0.4 is 77.8 Å². The predicted molar refractivity (Wildman–Crippen MR) is 307 cm³/mol. The molecule has 2 aromatic carbocycles. The molecule has 6 rings (SSSR count). The van der Waals surface area contributed by atoms with Crippen LogP contribution >= 0.6 is 11.8 Å². The van der Waals surface area contributed by atoms with Gasteiger partial charge in [0.15, 0.2) is 36.2 Å². The number of hydroxylamine groups is 1. The first kappa shape index (κ1) is 65.3. The summed E-state index contributed by atoms with van der Waals surface area (Å²) >= 11 is 1.53. The molecule has 2 aliphatic heterocycles. The zero-order chi connectivity index (χ0) is 60.8. The molecule has 4 aromatic rings. The van der Waals surface area contributed by atoms with E-state index in [-0.39, 0.29) is 47.3 Å². The van der Waals surface area contributed by atoms with Crippen molar-refractivity contribution < 1.29 is 86.4 Å². The molecular formula is C54H74N16O14S+4. The Balaban J connectivity index is 0.876. The first-order valence-corrected chi connectivity index (χ1v) is 28.2. The average Bonchev–Trinajstić information content (AvgIpc) is 3.72. The van der Waals surface area contributed by atoms with Gasteiger partial charge in [-0.2, -0.15) is 25.9 Å². The van der Waals surface area contributed by atoms with Crippen molar-refractivity contribution in [2.24, 2.45) is 16.6 Å². The number of aliphatic hydroxyl groups excluding tert-OH is 1. The Hall–Kier alpha value is -8.85. The molecule has 2 fully saturated rings. The first-order valence-electron chi connectivity index (χ1n) is 27.0. The van der Waals surface area contributed by atoms with E-state index in [0.29, 0.717) is 105 Å². The number of aliphatic hydroxyl groups is 1. The minimum Gasteiger partial charge on any atom is -0.494 e. The van der Waals surface area contributed by atoms with E-state index in [2.05, 4.69) is 62.6 Å². The Morgan fingerprint density at radius 1 is 0.741 bits per heavy atom. The molecule has 2 aromatic heterocycles. The minimum atomic E-state index is -0.942. The van der Waals surface area contributed by atoms with Crippen molar-refractivity contribution in [1.82, 2.24) is 36.7 Å². The van der Waals surface area contributed by atoms with Gasteiger partial charge >= 0.3 is 30.0 Å². The Morgan fingerprint density at radius 3 is 2.08 bits per heavy atom. The molecule has 85 heavy (non-hydrogen) atoms. The highest BCUT2D eigenvalue weighted by Gasteiger charge is 2.22. The summed E-state index contributed by atoms with van der Waals surface area (Å²) in [4.78, 5) is 100.0. The zero-order valence-electron chi connectivity index (χ0n) is 47.3. The van der Waals surface area contributed by atoms with Crippen LogP contribution in [-0.4, -0.2) is 180 Å². The standard InChI is InChI=1S/C54H70N16O14S/c1-79-45-27-41(5-7-43(45)63-65-53(77)51(75)57-9-3-13-67-15-19-81-20-16-67)60-35-83-36-70-31-39(49(56)73)26-40(32-70)50(74)59-11-23-85-24-12-61-84-34-37-25-38(48(55)72)30-69(29-37)33-47(71)62-42-6-8-44(46(28-42)80-2)64-66-54(78)52(76)58-10-4-14-68-17-21-82-22-18-68/h5-8,25-33,35,61H,3-4,9-24,34,36H2,1-2H3,(H9-2,55,56,57,58,59,62,63,64,65,66,71,72,73,74,75,76,77,78)/p+4/b47-33+,60-35?. The lowest BCUT2D eigenvalue weighted by Gasteiger charge is -2.26. The summed E-state index contributed by atoms with van der Waals surface area (Å²) < 4.78 is 30.1. The van der Waals surface area contributed by atoms with Gasteiger partial charge in [-0.05, 0) is 56.3 Å². The molecule has 0 unspecified atom stereocenters. The summed E-state index contributed by atoms with van der Waals surface area (Å²) in [5.74, 6) is -3.92. The SMILES string of the molecule is COc1cc(N/C(O)=C\[n+]2cc(CONCCSCCNC(=O)c3cc(C(N)=O)c[n+](COC=[NH+]c4ccc(NNC(=O)C(=O)NCCCN5CCOCC5)c(OC)c4)c3)cc(C(N)=O)c2)ccc1N=[NH+]C(=O)C(=O)NCCCN1CCOCC1. The number of anilines is 2. The van der Waals surface area contributed by atoms with E-state index in [1.807, 2.05) is 0 Å². The number of azo groups is 1. The molecule has 2 saturated heterocycles. The van der Waals surface area contributed by atoms with Gasteiger partial charge in [-0.1, -0.05) is 5.11 Å². The molecule has 456 valence electrons. The van der Waals surface area contributed by atoms with Gasteiger partial charge < -0.3 is 61.5 Å². The smallest absolute Gasteiger partial charge is 0.494 e. The van der Waals surface area contributed by atoms with E-state index >= 15 is 0 Å². The van der Waals surface area contributed by atoms with Gasteiger partial charge in [0.05, 0.1) is 59.0 Å². The Bertz CT molecular complexity index is 3030. The number of aromatic nitrogens is 2. The number of nitrogens with one attached hydrogen (secondary N) is 9. The molecule has 2 aliphatic rings. The van der Waals surface area contributed by atoms with E-state index in [1.165, 1.54) is 84.5 Å². The van der Waals surface area contributed by atoms with E-state index in [0.717, 1.165) is 39.3 Å². The number of pyridine rings is 2. The molecular weight excluding hydrogens is 1130 g/mol. The largest absolute Gasteiger partial charge is 0.499 e. The fourth-order valence-corrected chi connectivity index (χ4v) is 8.81. The van der Waals surface area contributed by atoms with Gasteiger partial charge in [0.1, 0.15) is 22.4 Å². The van der Waals surface area contributed by atoms with Crippen molar-refractivity contribution in [2.45, 2.75) is 26.2 Å². The molecule has 0 atom stereocenters. The maximum absolute atomic E-state index is 13.2. The summed E-state index contributed by atoms with van der Waals surface area (Å²) in [6, 6.07) is 12.4. The van der Waals surface area contributed by atoms with E-state index in [4.69, 9.17) is 40.0 Å². The maximum atomic E-state index is 13.2. The number of thioether (sulfide) groups is 1. The Kier molecular flexibility index (Phi) is 27.1. The molecule has 0 radical (unpaired) electrons. The van der Waals surface area contributed by atoms with Crippen molar-refractivity contribution in [3.05, 3.63) is 101 Å². The van der Waals surface area contributed by atoms with Gasteiger partial charge in [-0.15, -0.1) is 0 Å². The van der Waals surface area contributed by atoms with Crippen molar-refractivity contribution in [2.75, 3.05) is 128 Å². The fraction of sp³-hybridized carbons (Fsp3) is 0.407. The topological polar surface area (TPSA) is 386 Å². The minimum absolute atomic E-state index is 0.0224. The molecule has 0 spiro atoms. The molecule has 0 aliphatic carbocycles. The van der Waals surface area contributed by atoms with E-state index in [1.54, 1.807) is 36.5 Å². The highest BCUT2D eigenvalue weighted by atomic mass is 32.2.